The number of benzene rings is 2. The Morgan fingerprint density at radius 3 is 2.58 bits per heavy atom. The fraction of sp³-hybridized carbons (Fsp3) is 0.345. The van der Waals surface area contributed by atoms with Crippen LogP contribution in [-0.2, 0) is 9.59 Å². The Labute approximate surface area is 236 Å². The van der Waals surface area contributed by atoms with Crippen LogP contribution in [0.15, 0.2) is 77.9 Å². The molecule has 11 heteroatoms. The van der Waals surface area contributed by atoms with Crippen LogP contribution in [-0.4, -0.2) is 64.6 Å². The summed E-state index contributed by atoms with van der Waals surface area (Å²) in [5, 5.41) is 19.9. The second-order valence-corrected chi connectivity index (χ2v) is 11.4. The number of carbonyl (C=O) groups excluding carboxylic acids is 3. The number of nitrogens with one attached hydrogen (secondary N) is 3. The number of aliphatic hydroxyl groups excluding tert-OH is 1. The molecule has 0 radical (unpaired) electrons. The van der Waals surface area contributed by atoms with Gasteiger partial charge in [-0.1, -0.05) is 36.5 Å². The quantitative estimate of drug-likeness (QED) is 0.400. The molecule has 4 heterocycles. The van der Waals surface area contributed by atoms with Crippen molar-refractivity contribution >= 4 is 35.3 Å². The third-order valence-corrected chi connectivity index (χ3v) is 9.16. The van der Waals surface area contributed by atoms with Crippen LogP contribution >= 0.6 is 11.8 Å². The highest BCUT2D eigenvalue weighted by atomic mass is 32.2. The zero-order valence-electron chi connectivity index (χ0n) is 21.8. The molecule has 0 saturated carbocycles. The topological polar surface area (TPSA) is 123 Å². The predicted octanol–water partition coefficient (Wildman–Crippen LogP) is 2.88. The molecule has 2 aromatic carbocycles. The van der Waals surface area contributed by atoms with Gasteiger partial charge in [0.15, 0.2) is 0 Å². The van der Waals surface area contributed by atoms with E-state index in [0.717, 1.165) is 24.4 Å². The summed E-state index contributed by atoms with van der Waals surface area (Å²) in [7, 11) is 0. The van der Waals surface area contributed by atoms with E-state index in [9.17, 15) is 19.5 Å². The summed E-state index contributed by atoms with van der Waals surface area (Å²) in [6, 6.07) is 16.3. The van der Waals surface area contributed by atoms with E-state index in [-0.39, 0.29) is 47.6 Å². The van der Waals surface area contributed by atoms with Gasteiger partial charge < -0.3 is 30.7 Å². The molecule has 10 nitrogen and oxygen atoms in total. The third kappa shape index (κ3) is 4.96. The number of likely N-dealkylation sites (tertiary alicyclic amines) is 1. The van der Waals surface area contributed by atoms with Gasteiger partial charge in [0.25, 0.3) is 5.91 Å². The molecular formula is C29H31N5O5S. The SMILES string of the molecule is C=CC(=O)N1CC[C@@H](NC(=O)C2=C3NC(=O)N(c4ccc(Oc5ccccc5)cc4)C4CCNC(S2)C34)CC1O. The number of hydrogen-bond donors (Lipinski definition) is 4. The minimum Gasteiger partial charge on any atom is -0.457 e. The Morgan fingerprint density at radius 1 is 1.10 bits per heavy atom. The van der Waals surface area contributed by atoms with Crippen LogP contribution < -0.4 is 25.6 Å². The summed E-state index contributed by atoms with van der Waals surface area (Å²) < 4.78 is 5.91. The largest absolute Gasteiger partial charge is 0.457 e. The molecule has 5 atom stereocenters. The minimum absolute atomic E-state index is 0.0454. The van der Waals surface area contributed by atoms with Crippen molar-refractivity contribution in [2.75, 3.05) is 18.0 Å². The molecule has 4 unspecified atom stereocenters. The van der Waals surface area contributed by atoms with Crippen molar-refractivity contribution in [1.82, 2.24) is 20.9 Å². The number of rotatable bonds is 6. The molecule has 4 aliphatic heterocycles. The van der Waals surface area contributed by atoms with E-state index < -0.39 is 6.23 Å². The highest BCUT2D eigenvalue weighted by molar-refractivity contribution is 8.04. The smallest absolute Gasteiger partial charge is 0.326 e. The maximum atomic E-state index is 13.5. The van der Waals surface area contributed by atoms with Gasteiger partial charge in [0.05, 0.1) is 16.3 Å². The molecule has 0 aromatic heterocycles. The van der Waals surface area contributed by atoms with Gasteiger partial charge in [0.2, 0.25) is 5.91 Å². The normalized spacial score (nSPS) is 27.5. The average Bonchev–Trinajstić information content (AvgIpc) is 3.33. The third-order valence-electron chi connectivity index (χ3n) is 7.81. The van der Waals surface area contributed by atoms with Gasteiger partial charge >= 0.3 is 6.03 Å². The van der Waals surface area contributed by atoms with E-state index >= 15 is 0 Å². The van der Waals surface area contributed by atoms with E-state index in [1.807, 2.05) is 54.6 Å². The maximum Gasteiger partial charge on any atom is 0.326 e. The van der Waals surface area contributed by atoms with Crippen LogP contribution in [0.1, 0.15) is 19.3 Å². The monoisotopic (exact) mass is 561 g/mol. The van der Waals surface area contributed by atoms with Crippen LogP contribution in [0, 0.1) is 5.92 Å². The number of amides is 4. The zero-order chi connectivity index (χ0) is 27.8. The average molecular weight is 562 g/mol. The number of nitrogens with zero attached hydrogens (tertiary/aromatic N) is 2. The van der Waals surface area contributed by atoms with Gasteiger partial charge in [-0.25, -0.2) is 4.79 Å². The van der Waals surface area contributed by atoms with Crippen molar-refractivity contribution in [3.63, 3.8) is 0 Å². The van der Waals surface area contributed by atoms with Crippen LogP contribution in [0.2, 0.25) is 0 Å². The molecular weight excluding hydrogens is 530 g/mol. The van der Waals surface area contributed by atoms with Crippen molar-refractivity contribution in [2.45, 2.75) is 42.9 Å². The van der Waals surface area contributed by atoms with Crippen LogP contribution in [0.3, 0.4) is 0 Å². The first-order chi connectivity index (χ1) is 19.4. The van der Waals surface area contributed by atoms with E-state index in [4.69, 9.17) is 4.74 Å². The van der Waals surface area contributed by atoms with Crippen molar-refractivity contribution in [1.29, 1.82) is 0 Å². The summed E-state index contributed by atoms with van der Waals surface area (Å²) in [6.07, 6.45) is 1.69. The van der Waals surface area contributed by atoms with Crippen LogP contribution in [0.4, 0.5) is 10.5 Å². The van der Waals surface area contributed by atoms with E-state index in [2.05, 4.69) is 22.5 Å². The first-order valence-electron chi connectivity index (χ1n) is 13.4. The lowest BCUT2D eigenvalue weighted by Gasteiger charge is -2.45. The van der Waals surface area contributed by atoms with E-state index in [1.165, 1.54) is 22.7 Å². The highest BCUT2D eigenvalue weighted by Crippen LogP contribution is 2.48. The number of anilines is 1. The van der Waals surface area contributed by atoms with Crippen molar-refractivity contribution in [3.05, 3.63) is 77.9 Å². The Kier molecular flexibility index (Phi) is 7.26. The fourth-order valence-corrected chi connectivity index (χ4v) is 7.32. The standard InChI is InChI=1S/C29H31N5O5S/c1-2-22(35)33-15-13-17(16-23(33)36)31-27(37)26-25-24-21(12-14-30-28(24)40-26)34(29(38)32-25)18-8-10-20(11-9-18)39-19-6-4-3-5-7-19/h2-11,17,21,23-24,28,30,36H,1,12-16H2,(H,31,37)(H,32,38)/t17-,21?,23?,24?,28?/m1/s1. The van der Waals surface area contributed by atoms with Crippen molar-refractivity contribution in [2.24, 2.45) is 5.92 Å². The van der Waals surface area contributed by atoms with Crippen LogP contribution in [0.25, 0.3) is 0 Å². The molecule has 0 bridgehead atoms. The molecule has 2 aromatic rings. The van der Waals surface area contributed by atoms with E-state index in [1.54, 1.807) is 4.90 Å². The number of urea groups is 1. The number of hydrogen-bond acceptors (Lipinski definition) is 7. The van der Waals surface area contributed by atoms with E-state index in [0.29, 0.717) is 29.3 Å². The number of carbonyl (C=O) groups is 3. The van der Waals surface area contributed by atoms with Gasteiger partial charge in [-0.15, -0.1) is 0 Å². The lowest BCUT2D eigenvalue weighted by atomic mass is 9.86. The minimum atomic E-state index is -0.987. The second-order valence-electron chi connectivity index (χ2n) is 10.2. The summed E-state index contributed by atoms with van der Waals surface area (Å²) >= 11 is 1.44. The number of piperidine rings is 2. The van der Waals surface area contributed by atoms with Gasteiger partial charge in [0, 0.05) is 36.3 Å². The molecule has 3 fully saturated rings. The van der Waals surface area contributed by atoms with Gasteiger partial charge in [-0.2, -0.15) is 0 Å². The Hall–Kier alpha value is -3.80. The Balaban J connectivity index is 1.17. The van der Waals surface area contributed by atoms with Crippen molar-refractivity contribution in [3.8, 4) is 11.5 Å². The first kappa shape index (κ1) is 26.4. The van der Waals surface area contributed by atoms with Gasteiger partial charge in [0.1, 0.15) is 17.7 Å². The summed E-state index contributed by atoms with van der Waals surface area (Å²) in [6.45, 7) is 4.52. The summed E-state index contributed by atoms with van der Waals surface area (Å²) in [5.41, 5.74) is 1.41. The molecule has 3 saturated heterocycles. The summed E-state index contributed by atoms with van der Waals surface area (Å²) in [4.78, 5) is 42.4. The molecule has 6 rings (SSSR count). The first-order valence-corrected chi connectivity index (χ1v) is 14.3. The van der Waals surface area contributed by atoms with Crippen LogP contribution in [0.5, 0.6) is 11.5 Å². The number of para-hydroxylation sites is 1. The zero-order valence-corrected chi connectivity index (χ0v) is 22.6. The fourth-order valence-electron chi connectivity index (χ4n) is 5.92. The molecule has 4 aliphatic rings. The lowest BCUT2D eigenvalue weighted by molar-refractivity contribution is -0.139. The second kappa shape index (κ2) is 11.0. The lowest BCUT2D eigenvalue weighted by Crippen LogP contribution is -2.62. The maximum absolute atomic E-state index is 13.5. The molecule has 0 spiro atoms. The Morgan fingerprint density at radius 2 is 1.85 bits per heavy atom. The molecule has 40 heavy (non-hydrogen) atoms. The molecule has 208 valence electrons. The summed E-state index contributed by atoms with van der Waals surface area (Å²) in [5.74, 6) is 0.738. The van der Waals surface area contributed by atoms with Crippen molar-refractivity contribution < 1.29 is 24.2 Å². The number of ether oxygens (including phenoxy) is 1. The molecule has 0 aliphatic carbocycles. The Bertz CT molecular complexity index is 1350. The van der Waals surface area contributed by atoms with Gasteiger partial charge in [-0.3, -0.25) is 14.5 Å². The number of aliphatic hydroxyl groups is 1. The highest BCUT2D eigenvalue weighted by Gasteiger charge is 2.51. The van der Waals surface area contributed by atoms with Gasteiger partial charge in [-0.05, 0) is 61.9 Å². The molecule has 4 N–H and O–H groups in total. The predicted molar refractivity (Wildman–Crippen MR) is 151 cm³/mol. The molecule has 4 amide bonds. The number of thioether (sulfide) groups is 1.